The molecule has 0 fully saturated rings. The van der Waals surface area contributed by atoms with Crippen LogP contribution in [0.4, 0.5) is 4.39 Å². The summed E-state index contributed by atoms with van der Waals surface area (Å²) >= 11 is 5.82. The van der Waals surface area contributed by atoms with Crippen LogP contribution in [0.25, 0.3) is 0 Å². The van der Waals surface area contributed by atoms with Gasteiger partial charge < -0.3 is 9.84 Å². The highest BCUT2D eigenvalue weighted by Crippen LogP contribution is 2.18. The minimum Gasteiger partial charge on any atom is -0.361 e. The molecule has 0 unspecified atom stereocenters. The Hall–Kier alpha value is -1.88. The van der Waals surface area contributed by atoms with Crippen molar-refractivity contribution in [1.82, 2.24) is 10.5 Å². The van der Waals surface area contributed by atoms with Gasteiger partial charge in [-0.05, 0) is 32.0 Å². The van der Waals surface area contributed by atoms with Gasteiger partial charge in [-0.25, -0.2) is 4.39 Å². The Morgan fingerprint density at radius 3 is 2.79 bits per heavy atom. The summed E-state index contributed by atoms with van der Waals surface area (Å²) in [7, 11) is 0. The molecule has 1 N–H and O–H groups in total. The molecule has 0 aliphatic rings. The number of halogens is 2. The summed E-state index contributed by atoms with van der Waals surface area (Å²) in [6, 6.07) is 3.64. The summed E-state index contributed by atoms with van der Waals surface area (Å²) in [5, 5.41) is 6.57. The highest BCUT2D eigenvalue weighted by Gasteiger charge is 2.13. The van der Waals surface area contributed by atoms with Gasteiger partial charge in [0.05, 0.1) is 16.3 Å². The van der Waals surface area contributed by atoms with Crippen LogP contribution in [0.2, 0.25) is 5.02 Å². The number of rotatable bonds is 3. The average Bonchev–Trinajstić information content (AvgIpc) is 2.66. The van der Waals surface area contributed by atoms with Crippen molar-refractivity contribution in [3.63, 3.8) is 0 Å². The third-order valence-electron chi connectivity index (χ3n) is 2.78. The van der Waals surface area contributed by atoms with Crippen LogP contribution in [0.5, 0.6) is 0 Å². The highest BCUT2D eigenvalue weighted by molar-refractivity contribution is 6.33. The van der Waals surface area contributed by atoms with E-state index in [0.29, 0.717) is 5.76 Å². The molecule has 1 amide bonds. The van der Waals surface area contributed by atoms with Gasteiger partial charge in [-0.15, -0.1) is 0 Å². The molecule has 2 aromatic rings. The Balaban J connectivity index is 2.10. The SMILES string of the molecule is Cc1noc(C)c1CNC(=O)c1ccc(F)cc1Cl. The largest absolute Gasteiger partial charge is 0.361 e. The molecule has 0 atom stereocenters. The maximum Gasteiger partial charge on any atom is 0.253 e. The summed E-state index contributed by atoms with van der Waals surface area (Å²) in [6.07, 6.45) is 0. The first-order valence-corrected chi connectivity index (χ1v) is 6.02. The Labute approximate surface area is 114 Å². The molecule has 4 nitrogen and oxygen atoms in total. The zero-order chi connectivity index (χ0) is 14.0. The molecule has 100 valence electrons. The molecule has 0 bridgehead atoms. The quantitative estimate of drug-likeness (QED) is 0.941. The molecule has 0 spiro atoms. The van der Waals surface area contributed by atoms with Crippen LogP contribution in [0.15, 0.2) is 22.7 Å². The van der Waals surface area contributed by atoms with Crippen molar-refractivity contribution in [2.24, 2.45) is 0 Å². The van der Waals surface area contributed by atoms with Gasteiger partial charge >= 0.3 is 0 Å². The van der Waals surface area contributed by atoms with Crippen molar-refractivity contribution in [3.05, 3.63) is 51.6 Å². The molecule has 1 aromatic heterocycles. The lowest BCUT2D eigenvalue weighted by Gasteiger charge is -2.06. The second-order valence-corrected chi connectivity index (χ2v) is 4.52. The van der Waals surface area contributed by atoms with Crippen molar-refractivity contribution in [3.8, 4) is 0 Å². The third kappa shape index (κ3) is 2.93. The monoisotopic (exact) mass is 282 g/mol. The van der Waals surface area contributed by atoms with E-state index in [9.17, 15) is 9.18 Å². The second-order valence-electron chi connectivity index (χ2n) is 4.11. The predicted octanol–water partition coefficient (Wildman–Crippen LogP) is 3.01. The first-order chi connectivity index (χ1) is 8.99. The summed E-state index contributed by atoms with van der Waals surface area (Å²) < 4.78 is 17.9. The summed E-state index contributed by atoms with van der Waals surface area (Å²) in [6.45, 7) is 3.85. The number of nitrogens with zero attached hydrogens (tertiary/aromatic N) is 1. The van der Waals surface area contributed by atoms with Gasteiger partial charge in [0.15, 0.2) is 0 Å². The fourth-order valence-corrected chi connectivity index (χ4v) is 1.94. The molecule has 0 saturated carbocycles. The molecule has 0 aliphatic carbocycles. The van der Waals surface area contributed by atoms with E-state index >= 15 is 0 Å². The van der Waals surface area contributed by atoms with E-state index in [-0.39, 0.29) is 23.0 Å². The van der Waals surface area contributed by atoms with E-state index in [1.54, 1.807) is 13.8 Å². The van der Waals surface area contributed by atoms with E-state index in [1.807, 2.05) is 0 Å². The lowest BCUT2D eigenvalue weighted by molar-refractivity contribution is 0.0951. The Morgan fingerprint density at radius 1 is 1.47 bits per heavy atom. The van der Waals surface area contributed by atoms with Crippen LogP contribution in [0.3, 0.4) is 0 Å². The number of carbonyl (C=O) groups is 1. The number of hydrogen-bond acceptors (Lipinski definition) is 3. The number of amides is 1. The van der Waals surface area contributed by atoms with E-state index in [2.05, 4.69) is 10.5 Å². The molecule has 0 aliphatic heterocycles. The highest BCUT2D eigenvalue weighted by atomic mass is 35.5. The summed E-state index contributed by atoms with van der Waals surface area (Å²) in [4.78, 5) is 11.9. The minimum absolute atomic E-state index is 0.0799. The normalized spacial score (nSPS) is 10.5. The van der Waals surface area contributed by atoms with Crippen molar-refractivity contribution >= 4 is 17.5 Å². The van der Waals surface area contributed by atoms with Gasteiger partial charge in [0.25, 0.3) is 5.91 Å². The molecule has 0 radical (unpaired) electrons. The number of hydrogen-bond donors (Lipinski definition) is 1. The van der Waals surface area contributed by atoms with E-state index in [1.165, 1.54) is 12.1 Å². The number of aromatic nitrogens is 1. The smallest absolute Gasteiger partial charge is 0.253 e. The number of nitrogens with one attached hydrogen (secondary N) is 1. The fourth-order valence-electron chi connectivity index (χ4n) is 1.69. The van der Waals surface area contributed by atoms with Gasteiger partial charge in [0.2, 0.25) is 0 Å². The Morgan fingerprint density at radius 2 is 2.21 bits per heavy atom. The summed E-state index contributed by atoms with van der Waals surface area (Å²) in [5.74, 6) is -0.194. The van der Waals surface area contributed by atoms with Crippen LogP contribution in [-0.2, 0) is 6.54 Å². The van der Waals surface area contributed by atoms with Gasteiger partial charge in [-0.2, -0.15) is 0 Å². The van der Waals surface area contributed by atoms with E-state index in [0.717, 1.165) is 17.3 Å². The molecule has 0 saturated heterocycles. The maximum absolute atomic E-state index is 12.9. The van der Waals surface area contributed by atoms with Crippen molar-refractivity contribution in [2.45, 2.75) is 20.4 Å². The Bertz CT molecular complexity index is 606. The molecule has 2 rings (SSSR count). The minimum atomic E-state index is -0.479. The first-order valence-electron chi connectivity index (χ1n) is 5.64. The van der Waals surface area contributed by atoms with Crippen LogP contribution >= 0.6 is 11.6 Å². The molecular formula is C13H12ClFN2O2. The molecular weight excluding hydrogens is 271 g/mol. The summed E-state index contributed by atoms with van der Waals surface area (Å²) in [5.41, 5.74) is 1.78. The van der Waals surface area contributed by atoms with Crippen molar-refractivity contribution in [2.75, 3.05) is 0 Å². The maximum atomic E-state index is 12.9. The van der Waals surface area contributed by atoms with Gasteiger partial charge in [0.1, 0.15) is 11.6 Å². The molecule has 1 heterocycles. The van der Waals surface area contributed by atoms with Crippen LogP contribution in [0, 0.1) is 19.7 Å². The predicted molar refractivity (Wildman–Crippen MR) is 68.6 cm³/mol. The topological polar surface area (TPSA) is 55.1 Å². The number of benzene rings is 1. The number of carbonyl (C=O) groups excluding carboxylic acids is 1. The van der Waals surface area contributed by atoms with Crippen molar-refractivity contribution < 1.29 is 13.7 Å². The van der Waals surface area contributed by atoms with E-state index in [4.69, 9.17) is 16.1 Å². The second kappa shape index (κ2) is 5.40. The van der Waals surface area contributed by atoms with Crippen LogP contribution in [0.1, 0.15) is 27.4 Å². The Kier molecular flexibility index (Phi) is 3.85. The van der Waals surface area contributed by atoms with Crippen molar-refractivity contribution in [1.29, 1.82) is 0 Å². The van der Waals surface area contributed by atoms with E-state index < -0.39 is 5.82 Å². The van der Waals surface area contributed by atoms with Gasteiger partial charge in [0, 0.05) is 12.1 Å². The average molecular weight is 283 g/mol. The van der Waals surface area contributed by atoms with Gasteiger partial charge in [-0.1, -0.05) is 16.8 Å². The number of aryl methyl sites for hydroxylation is 2. The molecule has 19 heavy (non-hydrogen) atoms. The lowest BCUT2D eigenvalue weighted by atomic mass is 10.1. The standard InChI is InChI=1S/C13H12ClFN2O2/c1-7-11(8(2)19-17-7)6-16-13(18)10-4-3-9(15)5-12(10)14/h3-5H,6H2,1-2H3,(H,16,18). The molecule has 1 aromatic carbocycles. The molecule has 6 heteroatoms. The van der Waals surface area contributed by atoms with Crippen LogP contribution in [-0.4, -0.2) is 11.1 Å². The zero-order valence-electron chi connectivity index (χ0n) is 10.5. The third-order valence-corrected chi connectivity index (χ3v) is 3.10. The lowest BCUT2D eigenvalue weighted by Crippen LogP contribution is -2.23. The van der Waals surface area contributed by atoms with Crippen LogP contribution < -0.4 is 5.32 Å². The zero-order valence-corrected chi connectivity index (χ0v) is 11.2. The fraction of sp³-hybridized carbons (Fsp3) is 0.231. The first kappa shape index (κ1) is 13.5. The van der Waals surface area contributed by atoms with Gasteiger partial charge in [-0.3, -0.25) is 4.79 Å².